The summed E-state index contributed by atoms with van der Waals surface area (Å²) in [6, 6.07) is 3.49. The van der Waals surface area contributed by atoms with Gasteiger partial charge in [0.25, 0.3) is 10.0 Å². The maximum Gasteiger partial charge on any atom is 0.260 e. The van der Waals surface area contributed by atoms with Gasteiger partial charge in [0.05, 0.1) is 5.69 Å². The van der Waals surface area contributed by atoms with Crippen LogP contribution in [0.25, 0.3) is 0 Å². The molecular weight excluding hydrogens is 294 g/mol. The number of pyridine rings is 1. The van der Waals surface area contributed by atoms with E-state index < -0.39 is 10.0 Å². The van der Waals surface area contributed by atoms with Crippen LogP contribution in [0.3, 0.4) is 0 Å². The van der Waals surface area contributed by atoms with Gasteiger partial charge in [-0.15, -0.1) is 0 Å². The first-order valence-electron chi connectivity index (χ1n) is 6.77. The highest BCUT2D eigenvalue weighted by Crippen LogP contribution is 2.46. The Labute approximate surface area is 125 Å². The Morgan fingerprint density at radius 1 is 1.45 bits per heavy atom. The third-order valence-electron chi connectivity index (χ3n) is 3.42. The molecule has 0 aromatic carbocycles. The Bertz CT molecular complexity index is 556. The summed E-state index contributed by atoms with van der Waals surface area (Å²) in [5.74, 6) is 0. The lowest BCUT2D eigenvalue weighted by Crippen LogP contribution is -2.32. The first-order valence-corrected chi connectivity index (χ1v) is 9.47. The van der Waals surface area contributed by atoms with Gasteiger partial charge in [-0.2, -0.15) is 11.8 Å². The van der Waals surface area contributed by atoms with Crippen LogP contribution in [0.2, 0.25) is 0 Å². The number of nitrogens with zero attached hydrogens (tertiary/aromatic N) is 1. The molecule has 1 aromatic heterocycles. The molecule has 112 valence electrons. The molecular formula is C13H21N3O2S2. The van der Waals surface area contributed by atoms with Crippen molar-refractivity contribution < 1.29 is 8.42 Å². The average molecular weight is 315 g/mol. The number of hydrogen-bond acceptors (Lipinski definition) is 5. The van der Waals surface area contributed by atoms with Crippen molar-refractivity contribution in [3.8, 4) is 0 Å². The summed E-state index contributed by atoms with van der Waals surface area (Å²) >= 11 is 1.73. The van der Waals surface area contributed by atoms with E-state index in [0.717, 1.165) is 25.8 Å². The molecule has 0 amide bonds. The first kappa shape index (κ1) is 15.6. The minimum absolute atomic E-state index is 0.0883. The molecule has 2 N–H and O–H groups in total. The summed E-state index contributed by atoms with van der Waals surface area (Å²) in [6.45, 7) is 3.23. The molecule has 0 bridgehead atoms. The normalized spacial score (nSPS) is 16.9. The van der Waals surface area contributed by atoms with E-state index in [2.05, 4.69) is 15.0 Å². The molecule has 0 saturated heterocycles. The molecule has 0 radical (unpaired) electrons. The molecule has 0 atom stereocenters. The van der Waals surface area contributed by atoms with Gasteiger partial charge in [-0.1, -0.05) is 6.92 Å². The average Bonchev–Trinajstić information content (AvgIpc) is 3.24. The van der Waals surface area contributed by atoms with Gasteiger partial charge in [-0.05, 0) is 37.7 Å². The first-order chi connectivity index (χ1) is 9.53. The Hall–Kier alpha value is -0.790. The second-order valence-corrected chi connectivity index (χ2v) is 7.95. The summed E-state index contributed by atoms with van der Waals surface area (Å²) in [5, 5.41) is 3.20. The van der Waals surface area contributed by atoms with Crippen LogP contribution in [0, 0.1) is 0 Å². The fourth-order valence-corrected chi connectivity index (χ4v) is 3.94. The molecule has 1 aliphatic rings. The number of rotatable bonds is 8. The number of sulfonamides is 1. The maximum atomic E-state index is 12.4. The topological polar surface area (TPSA) is 71.1 Å². The van der Waals surface area contributed by atoms with E-state index in [4.69, 9.17) is 0 Å². The molecule has 1 heterocycles. The lowest BCUT2D eigenvalue weighted by molar-refractivity contribution is 0.576. The van der Waals surface area contributed by atoms with E-state index in [1.165, 1.54) is 6.20 Å². The molecule has 1 fully saturated rings. The van der Waals surface area contributed by atoms with Crippen LogP contribution >= 0.6 is 11.8 Å². The summed E-state index contributed by atoms with van der Waals surface area (Å²) in [6.07, 6.45) is 6.60. The fraction of sp³-hybridized carbons (Fsp3) is 0.615. The molecule has 5 nitrogen and oxygen atoms in total. The van der Waals surface area contributed by atoms with Crippen LogP contribution in [0.5, 0.6) is 0 Å². The summed E-state index contributed by atoms with van der Waals surface area (Å²) in [4.78, 5) is 4.03. The van der Waals surface area contributed by atoms with E-state index in [9.17, 15) is 8.42 Å². The van der Waals surface area contributed by atoms with Crippen LogP contribution in [0.15, 0.2) is 23.4 Å². The molecule has 2 rings (SSSR count). The Kier molecular flexibility index (Phi) is 4.93. The summed E-state index contributed by atoms with van der Waals surface area (Å²) < 4.78 is 27.6. The largest absolute Gasteiger partial charge is 0.383 e. The summed E-state index contributed by atoms with van der Waals surface area (Å²) in [5.41, 5.74) is 0.566. The molecule has 20 heavy (non-hydrogen) atoms. The summed E-state index contributed by atoms with van der Waals surface area (Å²) in [7, 11) is -3.56. The number of anilines is 1. The molecule has 0 unspecified atom stereocenters. The maximum absolute atomic E-state index is 12.4. The van der Waals surface area contributed by atoms with E-state index in [0.29, 0.717) is 12.2 Å². The standard InChI is InChI=1S/C13H21N3O2S2/c1-3-8-14-11-5-4-9-15-12(11)20(17,18)16-10-13(19-2)6-7-13/h4-5,9,14,16H,3,6-8,10H2,1-2H3. The lowest BCUT2D eigenvalue weighted by atomic mass is 10.4. The van der Waals surface area contributed by atoms with Crippen molar-refractivity contribution in [2.24, 2.45) is 0 Å². The van der Waals surface area contributed by atoms with E-state index in [-0.39, 0.29) is 9.77 Å². The van der Waals surface area contributed by atoms with Crippen molar-refractivity contribution in [2.75, 3.05) is 24.7 Å². The van der Waals surface area contributed by atoms with Crippen molar-refractivity contribution >= 4 is 27.5 Å². The van der Waals surface area contributed by atoms with Crippen LogP contribution in [0.4, 0.5) is 5.69 Å². The monoisotopic (exact) mass is 315 g/mol. The van der Waals surface area contributed by atoms with Crippen molar-refractivity contribution in [3.05, 3.63) is 18.3 Å². The van der Waals surface area contributed by atoms with Crippen LogP contribution < -0.4 is 10.0 Å². The smallest absolute Gasteiger partial charge is 0.260 e. The van der Waals surface area contributed by atoms with Crippen LogP contribution in [0.1, 0.15) is 26.2 Å². The fourth-order valence-electron chi connectivity index (χ4n) is 1.89. The van der Waals surface area contributed by atoms with E-state index in [1.54, 1.807) is 23.9 Å². The predicted molar refractivity (Wildman–Crippen MR) is 83.7 cm³/mol. The minimum atomic E-state index is -3.56. The highest BCUT2D eigenvalue weighted by atomic mass is 32.2. The Balaban J connectivity index is 2.12. The van der Waals surface area contributed by atoms with E-state index >= 15 is 0 Å². The zero-order chi connectivity index (χ0) is 14.6. The number of thioether (sulfide) groups is 1. The molecule has 1 aromatic rings. The van der Waals surface area contributed by atoms with Gasteiger partial charge < -0.3 is 5.32 Å². The lowest BCUT2D eigenvalue weighted by Gasteiger charge is -2.15. The SMILES string of the molecule is CCCNc1cccnc1S(=O)(=O)NCC1(SC)CC1. The second-order valence-electron chi connectivity index (χ2n) is 4.99. The third kappa shape index (κ3) is 3.65. The van der Waals surface area contributed by atoms with Crippen molar-refractivity contribution in [2.45, 2.75) is 36.0 Å². The predicted octanol–water partition coefficient (Wildman–Crippen LogP) is 2.08. The van der Waals surface area contributed by atoms with Gasteiger partial charge in [-0.25, -0.2) is 18.1 Å². The second kappa shape index (κ2) is 6.32. The van der Waals surface area contributed by atoms with Crippen molar-refractivity contribution in [1.82, 2.24) is 9.71 Å². The van der Waals surface area contributed by atoms with Crippen LogP contribution in [-0.2, 0) is 10.0 Å². The molecule has 1 aliphatic carbocycles. The molecule has 1 saturated carbocycles. The number of aromatic nitrogens is 1. The van der Waals surface area contributed by atoms with Gasteiger partial charge in [0.1, 0.15) is 0 Å². The van der Waals surface area contributed by atoms with Gasteiger partial charge in [0, 0.05) is 24.0 Å². The minimum Gasteiger partial charge on any atom is -0.383 e. The zero-order valence-electron chi connectivity index (χ0n) is 11.8. The molecule has 0 aliphatic heterocycles. The number of hydrogen-bond donors (Lipinski definition) is 2. The van der Waals surface area contributed by atoms with Gasteiger partial charge >= 0.3 is 0 Å². The van der Waals surface area contributed by atoms with Crippen LogP contribution in [-0.4, -0.2) is 37.5 Å². The highest BCUT2D eigenvalue weighted by molar-refractivity contribution is 8.00. The van der Waals surface area contributed by atoms with Gasteiger partial charge in [0.2, 0.25) is 0 Å². The van der Waals surface area contributed by atoms with Gasteiger partial charge in [-0.3, -0.25) is 0 Å². The zero-order valence-corrected chi connectivity index (χ0v) is 13.5. The Morgan fingerprint density at radius 3 is 2.80 bits per heavy atom. The highest BCUT2D eigenvalue weighted by Gasteiger charge is 2.42. The van der Waals surface area contributed by atoms with Gasteiger partial charge in [0.15, 0.2) is 5.03 Å². The Morgan fingerprint density at radius 2 is 2.20 bits per heavy atom. The van der Waals surface area contributed by atoms with E-state index in [1.807, 2.05) is 13.2 Å². The molecule has 0 spiro atoms. The third-order valence-corrected chi connectivity index (χ3v) is 6.19. The number of nitrogens with one attached hydrogen (secondary N) is 2. The molecule has 7 heteroatoms. The van der Waals surface area contributed by atoms with Crippen molar-refractivity contribution in [1.29, 1.82) is 0 Å². The quantitative estimate of drug-likeness (QED) is 0.768. The van der Waals surface area contributed by atoms with Crippen molar-refractivity contribution in [3.63, 3.8) is 0 Å².